The third-order valence-electron chi connectivity index (χ3n) is 2.94. The molecule has 4 heteroatoms. The van der Waals surface area contributed by atoms with Gasteiger partial charge >= 0.3 is 0 Å². The van der Waals surface area contributed by atoms with Gasteiger partial charge in [0.15, 0.2) is 5.78 Å². The Kier molecular flexibility index (Phi) is 3.65. The maximum Gasteiger partial charge on any atom is 0.239 e. The van der Waals surface area contributed by atoms with Crippen molar-refractivity contribution in [1.29, 1.82) is 0 Å². The number of carbonyl (C=O) groups excluding carboxylic acids is 2. The van der Waals surface area contributed by atoms with Gasteiger partial charge in [0, 0.05) is 30.3 Å². The number of benzene rings is 1. The van der Waals surface area contributed by atoms with Crippen molar-refractivity contribution in [3.63, 3.8) is 0 Å². The quantitative estimate of drug-likeness (QED) is 0.881. The van der Waals surface area contributed by atoms with E-state index < -0.39 is 0 Å². The van der Waals surface area contributed by atoms with Gasteiger partial charge in [-0.15, -0.1) is 0 Å². The number of ketones is 1. The zero-order valence-electron chi connectivity index (χ0n) is 10.8. The first-order chi connectivity index (χ1) is 8.58. The zero-order chi connectivity index (χ0) is 13.1. The molecule has 18 heavy (non-hydrogen) atoms. The van der Waals surface area contributed by atoms with E-state index >= 15 is 0 Å². The highest BCUT2D eigenvalue weighted by Crippen LogP contribution is 2.26. The van der Waals surface area contributed by atoms with Crippen molar-refractivity contribution in [3.8, 4) is 0 Å². The van der Waals surface area contributed by atoms with Gasteiger partial charge in [-0.05, 0) is 26.0 Å². The van der Waals surface area contributed by atoms with E-state index in [1.54, 1.807) is 0 Å². The van der Waals surface area contributed by atoms with Crippen molar-refractivity contribution >= 4 is 17.4 Å². The molecule has 1 aliphatic heterocycles. The van der Waals surface area contributed by atoms with Crippen molar-refractivity contribution in [2.45, 2.75) is 26.3 Å². The minimum Gasteiger partial charge on any atom is -0.361 e. The van der Waals surface area contributed by atoms with Crippen molar-refractivity contribution < 1.29 is 9.59 Å². The summed E-state index contributed by atoms with van der Waals surface area (Å²) in [5.41, 5.74) is 1.59. The number of rotatable bonds is 3. The summed E-state index contributed by atoms with van der Waals surface area (Å²) in [6, 6.07) is 7.61. The molecule has 0 saturated heterocycles. The summed E-state index contributed by atoms with van der Waals surface area (Å²) in [6.45, 7) is 4.79. The first-order valence-corrected chi connectivity index (χ1v) is 6.24. The fourth-order valence-corrected chi connectivity index (χ4v) is 2.18. The van der Waals surface area contributed by atoms with E-state index in [0.29, 0.717) is 19.5 Å². The Morgan fingerprint density at radius 1 is 1.39 bits per heavy atom. The van der Waals surface area contributed by atoms with Crippen LogP contribution in [0.2, 0.25) is 0 Å². The molecule has 0 saturated carbocycles. The molecule has 1 aromatic carbocycles. The van der Waals surface area contributed by atoms with Crippen LogP contribution in [0.1, 0.15) is 30.6 Å². The lowest BCUT2D eigenvalue weighted by atomic mass is 10.0. The summed E-state index contributed by atoms with van der Waals surface area (Å²) in [6.07, 6.45) is 0.478. The van der Waals surface area contributed by atoms with Crippen LogP contribution in [0.25, 0.3) is 0 Å². The first-order valence-electron chi connectivity index (χ1n) is 6.24. The van der Waals surface area contributed by atoms with Crippen molar-refractivity contribution in [3.05, 3.63) is 29.8 Å². The topological polar surface area (TPSA) is 49.4 Å². The number of hydrogen-bond donors (Lipinski definition) is 1. The van der Waals surface area contributed by atoms with Crippen LogP contribution in [0.5, 0.6) is 0 Å². The molecule has 1 aromatic rings. The molecular weight excluding hydrogens is 228 g/mol. The van der Waals surface area contributed by atoms with Crippen molar-refractivity contribution in [1.82, 2.24) is 5.32 Å². The van der Waals surface area contributed by atoms with Gasteiger partial charge in [-0.3, -0.25) is 9.59 Å². The lowest BCUT2D eigenvalue weighted by molar-refractivity contribution is -0.120. The second-order valence-corrected chi connectivity index (χ2v) is 4.83. The molecule has 0 aliphatic carbocycles. The van der Waals surface area contributed by atoms with Crippen molar-refractivity contribution in [2.24, 2.45) is 0 Å². The van der Waals surface area contributed by atoms with Crippen molar-refractivity contribution in [2.75, 3.05) is 18.0 Å². The van der Waals surface area contributed by atoms with E-state index in [2.05, 4.69) is 5.32 Å². The largest absolute Gasteiger partial charge is 0.361 e. The van der Waals surface area contributed by atoms with Gasteiger partial charge in [0.05, 0.1) is 6.54 Å². The normalized spacial score (nSPS) is 14.6. The molecule has 1 N–H and O–H groups in total. The summed E-state index contributed by atoms with van der Waals surface area (Å²) in [5, 5.41) is 2.87. The molecule has 4 nitrogen and oxygen atoms in total. The van der Waals surface area contributed by atoms with E-state index in [9.17, 15) is 9.59 Å². The Bertz CT molecular complexity index is 469. The number of carbonyl (C=O) groups is 2. The first kappa shape index (κ1) is 12.6. The van der Waals surface area contributed by atoms with Crippen LogP contribution < -0.4 is 10.2 Å². The van der Waals surface area contributed by atoms with Gasteiger partial charge in [-0.2, -0.15) is 0 Å². The molecule has 0 atom stereocenters. The lowest BCUT2D eigenvalue weighted by Crippen LogP contribution is -2.42. The van der Waals surface area contributed by atoms with E-state index in [-0.39, 0.29) is 17.7 Å². The number of hydrogen-bond acceptors (Lipinski definition) is 3. The summed E-state index contributed by atoms with van der Waals surface area (Å²) in [5.74, 6) is 0.153. The third-order valence-corrected chi connectivity index (χ3v) is 2.94. The van der Waals surface area contributed by atoms with E-state index in [4.69, 9.17) is 0 Å². The third kappa shape index (κ3) is 2.70. The standard InChI is InChI=1S/C14H18N2O2/c1-10(2)15-14(18)9-16-8-7-13(17)11-5-3-4-6-12(11)16/h3-6,10H,7-9H2,1-2H3,(H,15,18). The number of anilines is 1. The van der Waals surface area contributed by atoms with Gasteiger partial charge < -0.3 is 10.2 Å². The molecule has 1 heterocycles. The molecular formula is C14H18N2O2. The Morgan fingerprint density at radius 2 is 2.11 bits per heavy atom. The molecule has 0 aromatic heterocycles. The lowest BCUT2D eigenvalue weighted by Gasteiger charge is -2.30. The van der Waals surface area contributed by atoms with Crippen LogP contribution in [0.15, 0.2) is 24.3 Å². The number of Topliss-reactive ketones (excluding diaryl/α,β-unsaturated/α-hetero) is 1. The van der Waals surface area contributed by atoms with E-state index in [0.717, 1.165) is 11.3 Å². The average molecular weight is 246 g/mol. The minimum atomic E-state index is -0.00541. The highest BCUT2D eigenvalue weighted by molar-refractivity contribution is 6.03. The summed E-state index contributed by atoms with van der Waals surface area (Å²) < 4.78 is 0. The fourth-order valence-electron chi connectivity index (χ4n) is 2.18. The number of nitrogens with one attached hydrogen (secondary N) is 1. The second-order valence-electron chi connectivity index (χ2n) is 4.83. The zero-order valence-corrected chi connectivity index (χ0v) is 10.8. The van der Waals surface area contributed by atoms with Gasteiger partial charge in [0.2, 0.25) is 5.91 Å². The average Bonchev–Trinajstić information content (AvgIpc) is 2.32. The van der Waals surface area contributed by atoms with Crippen LogP contribution in [-0.4, -0.2) is 30.8 Å². The fraction of sp³-hybridized carbons (Fsp3) is 0.429. The van der Waals surface area contributed by atoms with E-state index in [1.165, 1.54) is 0 Å². The molecule has 0 bridgehead atoms. The monoisotopic (exact) mass is 246 g/mol. The SMILES string of the molecule is CC(C)NC(=O)CN1CCC(=O)c2ccccc21. The molecule has 1 amide bonds. The highest BCUT2D eigenvalue weighted by Gasteiger charge is 2.23. The smallest absolute Gasteiger partial charge is 0.239 e. The number of fused-ring (bicyclic) bond motifs is 1. The molecule has 0 fully saturated rings. The molecule has 0 radical (unpaired) electrons. The van der Waals surface area contributed by atoms with Crippen LogP contribution in [0, 0.1) is 0 Å². The molecule has 96 valence electrons. The molecule has 2 rings (SSSR count). The van der Waals surface area contributed by atoms with Gasteiger partial charge in [-0.25, -0.2) is 0 Å². The molecule has 0 unspecified atom stereocenters. The highest BCUT2D eigenvalue weighted by atomic mass is 16.2. The van der Waals surface area contributed by atoms with Crippen LogP contribution in [0.3, 0.4) is 0 Å². The Hall–Kier alpha value is -1.84. The number of amides is 1. The van der Waals surface area contributed by atoms with E-state index in [1.807, 2.05) is 43.0 Å². The van der Waals surface area contributed by atoms with Crippen LogP contribution >= 0.6 is 0 Å². The predicted molar refractivity (Wildman–Crippen MR) is 70.9 cm³/mol. The maximum absolute atomic E-state index is 11.8. The predicted octanol–water partition coefficient (Wildman–Crippen LogP) is 1.60. The molecule has 1 aliphatic rings. The van der Waals surface area contributed by atoms with Gasteiger partial charge in [-0.1, -0.05) is 12.1 Å². The Labute approximate surface area is 107 Å². The van der Waals surface area contributed by atoms with Crippen LogP contribution in [0.4, 0.5) is 5.69 Å². The Balaban J connectivity index is 2.14. The number of nitrogens with zero attached hydrogens (tertiary/aromatic N) is 1. The minimum absolute atomic E-state index is 0.00541. The van der Waals surface area contributed by atoms with Gasteiger partial charge in [0.25, 0.3) is 0 Å². The summed E-state index contributed by atoms with van der Waals surface area (Å²) in [4.78, 5) is 25.5. The summed E-state index contributed by atoms with van der Waals surface area (Å²) >= 11 is 0. The van der Waals surface area contributed by atoms with Gasteiger partial charge in [0.1, 0.15) is 0 Å². The Morgan fingerprint density at radius 3 is 2.83 bits per heavy atom. The second kappa shape index (κ2) is 5.21. The maximum atomic E-state index is 11.8. The number of para-hydroxylation sites is 1. The van der Waals surface area contributed by atoms with Crippen LogP contribution in [-0.2, 0) is 4.79 Å². The summed E-state index contributed by atoms with van der Waals surface area (Å²) in [7, 11) is 0. The molecule has 0 spiro atoms.